The lowest BCUT2D eigenvalue weighted by molar-refractivity contribution is -0.140. The first-order valence-electron chi connectivity index (χ1n) is 6.29. The number of epoxide rings is 1. The van der Waals surface area contributed by atoms with Gasteiger partial charge >= 0.3 is 5.97 Å². The van der Waals surface area contributed by atoms with Gasteiger partial charge in [0, 0.05) is 12.5 Å². The SMILES string of the molecule is C#CC#CC=C=C[C@@H]1O[C@H]1[C@H](O)/C=C/[C@@H]1CCC(=O)O1. The van der Waals surface area contributed by atoms with Crippen LogP contribution in [0, 0.1) is 24.2 Å². The Labute approximate surface area is 117 Å². The van der Waals surface area contributed by atoms with Gasteiger partial charge in [-0.2, -0.15) is 0 Å². The molecule has 0 aliphatic carbocycles. The topological polar surface area (TPSA) is 59.1 Å². The zero-order valence-electron chi connectivity index (χ0n) is 10.8. The Kier molecular flexibility index (Phi) is 4.82. The van der Waals surface area contributed by atoms with Gasteiger partial charge in [-0.05, 0) is 30.4 Å². The molecule has 2 aliphatic heterocycles. The van der Waals surface area contributed by atoms with E-state index in [0.717, 1.165) is 0 Å². The van der Waals surface area contributed by atoms with E-state index in [9.17, 15) is 9.90 Å². The number of esters is 1. The molecule has 0 unspecified atom stereocenters. The van der Waals surface area contributed by atoms with Crippen LogP contribution < -0.4 is 0 Å². The van der Waals surface area contributed by atoms with Crippen LogP contribution in [0.1, 0.15) is 12.8 Å². The number of hydrogen-bond donors (Lipinski definition) is 1. The van der Waals surface area contributed by atoms with E-state index in [2.05, 4.69) is 23.5 Å². The average Bonchev–Trinajstić information content (AvgIpc) is 3.10. The third-order valence-corrected chi connectivity index (χ3v) is 2.90. The van der Waals surface area contributed by atoms with Gasteiger partial charge in [0.2, 0.25) is 0 Å². The van der Waals surface area contributed by atoms with Crippen molar-refractivity contribution < 1.29 is 19.4 Å². The molecule has 0 aromatic carbocycles. The predicted octanol–water partition coefficient (Wildman–Crippen LogP) is 0.724. The molecular formula is C16H14O4. The highest BCUT2D eigenvalue weighted by molar-refractivity contribution is 5.71. The summed E-state index contributed by atoms with van der Waals surface area (Å²) in [6.07, 6.45) is 11.1. The van der Waals surface area contributed by atoms with Crippen LogP contribution in [-0.4, -0.2) is 35.5 Å². The molecule has 0 aromatic rings. The van der Waals surface area contributed by atoms with Gasteiger partial charge in [-0.3, -0.25) is 4.79 Å². The van der Waals surface area contributed by atoms with Crippen molar-refractivity contribution in [1.82, 2.24) is 0 Å². The molecule has 2 rings (SSSR count). The summed E-state index contributed by atoms with van der Waals surface area (Å²) in [6.45, 7) is 0. The van der Waals surface area contributed by atoms with Gasteiger partial charge in [-0.1, -0.05) is 12.0 Å². The number of terminal acetylenes is 1. The second-order valence-electron chi connectivity index (χ2n) is 4.40. The van der Waals surface area contributed by atoms with E-state index < -0.39 is 6.10 Å². The van der Waals surface area contributed by atoms with Crippen molar-refractivity contribution in [1.29, 1.82) is 0 Å². The third kappa shape index (κ3) is 4.16. The Morgan fingerprint density at radius 1 is 1.50 bits per heavy atom. The molecule has 2 heterocycles. The smallest absolute Gasteiger partial charge is 0.306 e. The van der Waals surface area contributed by atoms with Gasteiger partial charge < -0.3 is 14.6 Å². The van der Waals surface area contributed by atoms with Crippen LogP contribution in [0.5, 0.6) is 0 Å². The second-order valence-corrected chi connectivity index (χ2v) is 4.40. The number of rotatable bonds is 4. The van der Waals surface area contributed by atoms with Gasteiger partial charge in [-0.25, -0.2) is 0 Å². The molecule has 0 amide bonds. The summed E-state index contributed by atoms with van der Waals surface area (Å²) in [5.74, 6) is 7.01. The number of ether oxygens (including phenoxy) is 2. The lowest BCUT2D eigenvalue weighted by Gasteiger charge is -2.04. The van der Waals surface area contributed by atoms with Gasteiger partial charge in [0.25, 0.3) is 0 Å². The molecule has 2 fully saturated rings. The van der Waals surface area contributed by atoms with Crippen LogP contribution in [0.25, 0.3) is 0 Å². The molecule has 2 saturated heterocycles. The highest BCUT2D eigenvalue weighted by Crippen LogP contribution is 2.27. The first kappa shape index (κ1) is 14.2. The third-order valence-electron chi connectivity index (χ3n) is 2.90. The largest absolute Gasteiger partial charge is 0.458 e. The predicted molar refractivity (Wildman–Crippen MR) is 72.2 cm³/mol. The van der Waals surface area contributed by atoms with Crippen molar-refractivity contribution in [3.8, 4) is 24.2 Å². The average molecular weight is 270 g/mol. The standard InChI is InChI=1S/C16H14O4/c1-2-3-4-5-6-7-14-16(20-14)13(17)10-8-12-9-11-15(18)19-12/h1,5,7-8,10,12-14,16-17H,9,11H2/b10-8+/t6?,12-,13-,14+,16+/m1/s1. The minimum atomic E-state index is -0.728. The van der Waals surface area contributed by atoms with Crippen LogP contribution in [0.3, 0.4) is 0 Å². The van der Waals surface area contributed by atoms with E-state index in [-0.39, 0.29) is 24.3 Å². The number of aliphatic hydroxyl groups is 1. The van der Waals surface area contributed by atoms with Crippen molar-refractivity contribution in [3.05, 3.63) is 30.0 Å². The molecule has 0 bridgehead atoms. The zero-order valence-corrected chi connectivity index (χ0v) is 10.8. The lowest BCUT2D eigenvalue weighted by atomic mass is 10.1. The highest BCUT2D eigenvalue weighted by Gasteiger charge is 2.41. The Balaban J connectivity index is 1.77. The van der Waals surface area contributed by atoms with Gasteiger partial charge in [0.15, 0.2) is 0 Å². The van der Waals surface area contributed by atoms with Crippen molar-refractivity contribution in [2.45, 2.75) is 37.3 Å². The van der Waals surface area contributed by atoms with Crippen LogP contribution in [0.15, 0.2) is 30.0 Å². The molecule has 4 nitrogen and oxygen atoms in total. The first-order chi connectivity index (χ1) is 9.70. The molecule has 102 valence electrons. The fraction of sp³-hybridized carbons (Fsp3) is 0.375. The quantitative estimate of drug-likeness (QED) is 0.269. The van der Waals surface area contributed by atoms with E-state index >= 15 is 0 Å². The summed E-state index contributed by atoms with van der Waals surface area (Å²) in [7, 11) is 0. The summed E-state index contributed by atoms with van der Waals surface area (Å²) >= 11 is 0. The minimum absolute atomic E-state index is 0.176. The number of cyclic esters (lactones) is 1. The highest BCUT2D eigenvalue weighted by atomic mass is 16.6. The van der Waals surface area contributed by atoms with Crippen LogP contribution in [0.2, 0.25) is 0 Å². The number of carbonyl (C=O) groups excluding carboxylic acids is 1. The van der Waals surface area contributed by atoms with Gasteiger partial charge in [0.05, 0.1) is 0 Å². The van der Waals surface area contributed by atoms with Crippen molar-refractivity contribution in [2.75, 3.05) is 0 Å². The molecular weight excluding hydrogens is 256 g/mol. The minimum Gasteiger partial charge on any atom is -0.458 e. The lowest BCUT2D eigenvalue weighted by Crippen LogP contribution is -2.14. The van der Waals surface area contributed by atoms with E-state index in [0.29, 0.717) is 12.8 Å². The number of aliphatic hydroxyl groups excluding tert-OH is 1. The second kappa shape index (κ2) is 6.80. The molecule has 0 saturated carbocycles. The Bertz CT molecular complexity index is 564. The zero-order chi connectivity index (χ0) is 14.4. The van der Waals surface area contributed by atoms with Crippen LogP contribution >= 0.6 is 0 Å². The van der Waals surface area contributed by atoms with E-state index in [1.54, 1.807) is 18.2 Å². The maximum Gasteiger partial charge on any atom is 0.306 e. The molecule has 0 spiro atoms. The maximum atomic E-state index is 10.9. The van der Waals surface area contributed by atoms with E-state index in [1.807, 2.05) is 0 Å². The molecule has 1 N–H and O–H groups in total. The summed E-state index contributed by atoms with van der Waals surface area (Å²) < 4.78 is 10.3. The van der Waals surface area contributed by atoms with Gasteiger partial charge in [0.1, 0.15) is 24.4 Å². The summed E-state index contributed by atoms with van der Waals surface area (Å²) in [4.78, 5) is 10.9. The summed E-state index contributed by atoms with van der Waals surface area (Å²) in [6, 6.07) is 0. The number of carbonyl (C=O) groups is 1. The molecule has 20 heavy (non-hydrogen) atoms. The van der Waals surface area contributed by atoms with Crippen molar-refractivity contribution in [2.24, 2.45) is 0 Å². The van der Waals surface area contributed by atoms with E-state index in [1.165, 1.54) is 6.08 Å². The molecule has 0 aromatic heterocycles. The van der Waals surface area contributed by atoms with Crippen LogP contribution in [0.4, 0.5) is 0 Å². The van der Waals surface area contributed by atoms with E-state index in [4.69, 9.17) is 15.9 Å². The fourth-order valence-corrected chi connectivity index (χ4v) is 1.84. The first-order valence-corrected chi connectivity index (χ1v) is 6.29. The Morgan fingerprint density at radius 2 is 2.35 bits per heavy atom. The molecule has 4 atom stereocenters. The van der Waals surface area contributed by atoms with Crippen LogP contribution in [-0.2, 0) is 14.3 Å². The Hall–Kier alpha value is -2.23. The molecule has 2 aliphatic rings. The number of hydrogen-bond acceptors (Lipinski definition) is 4. The Morgan fingerprint density at radius 3 is 3.05 bits per heavy atom. The monoisotopic (exact) mass is 270 g/mol. The summed E-state index contributed by atoms with van der Waals surface area (Å²) in [5.41, 5.74) is 2.82. The molecule has 4 heteroatoms. The van der Waals surface area contributed by atoms with Gasteiger partial charge in [-0.15, -0.1) is 12.2 Å². The van der Waals surface area contributed by atoms with Crippen molar-refractivity contribution >= 4 is 5.97 Å². The van der Waals surface area contributed by atoms with Crippen molar-refractivity contribution in [3.63, 3.8) is 0 Å². The fourth-order valence-electron chi connectivity index (χ4n) is 1.84. The molecule has 0 radical (unpaired) electrons. The normalized spacial score (nSPS) is 28.6. The summed E-state index contributed by atoms with van der Waals surface area (Å²) in [5, 5.41) is 9.86. The maximum absolute atomic E-state index is 10.9.